The van der Waals surface area contributed by atoms with Crippen LogP contribution in [0.25, 0.3) is 0 Å². The van der Waals surface area contributed by atoms with Crippen molar-refractivity contribution in [1.82, 2.24) is 0 Å². The number of benzene rings is 2. The third-order valence-electron chi connectivity index (χ3n) is 2.67. The van der Waals surface area contributed by atoms with Gasteiger partial charge in [0, 0.05) is 14.0 Å². The van der Waals surface area contributed by atoms with Gasteiger partial charge in [0.25, 0.3) is 10.0 Å². The molecule has 0 bridgehead atoms. The van der Waals surface area contributed by atoms with Gasteiger partial charge in [-0.1, -0.05) is 27.5 Å². The molecule has 0 fully saturated rings. The van der Waals surface area contributed by atoms with Crippen LogP contribution >= 0.6 is 43.5 Å². The number of rotatable bonds is 4. The molecular weight excluding hydrogens is 445 g/mol. The van der Waals surface area contributed by atoms with Crippen LogP contribution < -0.4 is 4.72 Å². The van der Waals surface area contributed by atoms with Gasteiger partial charge in [0.1, 0.15) is 0 Å². The summed E-state index contributed by atoms with van der Waals surface area (Å²) in [6, 6.07) is 9.32. The number of sulfonamides is 1. The second-order valence-electron chi connectivity index (χ2n) is 4.14. The Kier molecular flexibility index (Phi) is 5.32. The Hall–Kier alpha value is -0.600. The summed E-state index contributed by atoms with van der Waals surface area (Å²) in [4.78, 5) is 0.0304. The van der Waals surface area contributed by atoms with Gasteiger partial charge in [0.15, 0.2) is 0 Å². The van der Waals surface area contributed by atoms with Crippen molar-refractivity contribution in [2.45, 2.75) is 11.5 Å². The fourth-order valence-corrected chi connectivity index (χ4v) is 3.76. The van der Waals surface area contributed by atoms with Crippen LogP contribution in [0.5, 0.6) is 0 Å². The summed E-state index contributed by atoms with van der Waals surface area (Å²) in [6.07, 6.45) is 0. The predicted octanol–water partition coefficient (Wildman–Crippen LogP) is 4.16. The van der Waals surface area contributed by atoms with E-state index in [0.29, 0.717) is 20.7 Å². The van der Waals surface area contributed by atoms with E-state index in [1.807, 2.05) is 0 Å². The molecule has 8 heteroatoms. The molecule has 0 radical (unpaired) electrons. The summed E-state index contributed by atoms with van der Waals surface area (Å²) in [6.45, 7) is -0.331. The average Bonchev–Trinajstić information content (AvgIpc) is 2.43. The van der Waals surface area contributed by atoms with Crippen LogP contribution in [-0.2, 0) is 16.6 Å². The Morgan fingerprint density at radius 3 is 2.52 bits per heavy atom. The van der Waals surface area contributed by atoms with Gasteiger partial charge in [-0.15, -0.1) is 0 Å². The SMILES string of the molecule is O=S(=O)(Nc1cc(Br)ccc1Br)c1ccc(Cl)c(CO)c1. The molecular formula is C13H10Br2ClNO3S. The zero-order chi connectivity index (χ0) is 15.6. The number of hydrogen-bond donors (Lipinski definition) is 2. The second-order valence-corrected chi connectivity index (χ2v) is 8.00. The molecule has 2 aromatic carbocycles. The summed E-state index contributed by atoms with van der Waals surface area (Å²) < 4.78 is 28.6. The third kappa shape index (κ3) is 3.98. The molecule has 0 spiro atoms. The van der Waals surface area contributed by atoms with Gasteiger partial charge >= 0.3 is 0 Å². The molecule has 0 heterocycles. The van der Waals surface area contributed by atoms with E-state index >= 15 is 0 Å². The average molecular weight is 456 g/mol. The summed E-state index contributed by atoms with van der Waals surface area (Å²) in [5, 5.41) is 9.48. The molecule has 0 aliphatic carbocycles. The van der Waals surface area contributed by atoms with E-state index in [1.165, 1.54) is 18.2 Å². The maximum absolute atomic E-state index is 12.4. The smallest absolute Gasteiger partial charge is 0.261 e. The van der Waals surface area contributed by atoms with Gasteiger partial charge in [0.05, 0.1) is 17.2 Å². The van der Waals surface area contributed by atoms with Crippen LogP contribution in [-0.4, -0.2) is 13.5 Å². The van der Waals surface area contributed by atoms with Gasteiger partial charge in [0.2, 0.25) is 0 Å². The van der Waals surface area contributed by atoms with Crippen LogP contribution in [0.2, 0.25) is 5.02 Å². The zero-order valence-electron chi connectivity index (χ0n) is 10.5. The van der Waals surface area contributed by atoms with E-state index in [4.69, 9.17) is 16.7 Å². The van der Waals surface area contributed by atoms with Crippen molar-refractivity contribution in [2.24, 2.45) is 0 Å². The first-order valence-electron chi connectivity index (χ1n) is 5.70. The summed E-state index contributed by atoms with van der Waals surface area (Å²) in [5.41, 5.74) is 0.762. The minimum Gasteiger partial charge on any atom is -0.392 e. The number of nitrogens with one attached hydrogen (secondary N) is 1. The van der Waals surface area contributed by atoms with Gasteiger partial charge in [-0.2, -0.15) is 0 Å². The van der Waals surface area contributed by atoms with Crippen molar-refractivity contribution in [3.63, 3.8) is 0 Å². The first-order valence-corrected chi connectivity index (χ1v) is 9.15. The quantitative estimate of drug-likeness (QED) is 0.728. The first kappa shape index (κ1) is 16.8. The fourth-order valence-electron chi connectivity index (χ4n) is 1.62. The molecule has 4 nitrogen and oxygen atoms in total. The number of hydrogen-bond acceptors (Lipinski definition) is 3. The molecule has 112 valence electrons. The molecule has 2 N–H and O–H groups in total. The lowest BCUT2D eigenvalue weighted by Crippen LogP contribution is -2.13. The Labute approximate surface area is 144 Å². The lowest BCUT2D eigenvalue weighted by Gasteiger charge is -2.11. The van der Waals surface area contributed by atoms with E-state index < -0.39 is 10.0 Å². The van der Waals surface area contributed by atoms with Crippen LogP contribution in [0, 0.1) is 0 Å². The fraction of sp³-hybridized carbons (Fsp3) is 0.0769. The van der Waals surface area contributed by atoms with Crippen LogP contribution in [0.1, 0.15) is 5.56 Å². The highest BCUT2D eigenvalue weighted by atomic mass is 79.9. The minimum absolute atomic E-state index is 0.0304. The molecule has 2 aromatic rings. The van der Waals surface area contributed by atoms with E-state index in [-0.39, 0.29) is 11.5 Å². The normalized spacial score (nSPS) is 11.4. The molecule has 0 aromatic heterocycles. The second kappa shape index (κ2) is 6.66. The van der Waals surface area contributed by atoms with Crippen molar-refractivity contribution >= 4 is 59.2 Å². The summed E-state index contributed by atoms with van der Waals surface area (Å²) >= 11 is 12.4. The third-order valence-corrected chi connectivity index (χ3v) is 5.59. The molecule has 0 aliphatic heterocycles. The molecule has 0 saturated carbocycles. The van der Waals surface area contributed by atoms with Crippen molar-refractivity contribution in [3.8, 4) is 0 Å². The highest BCUT2D eigenvalue weighted by Gasteiger charge is 2.17. The molecule has 0 saturated heterocycles. The molecule has 0 aliphatic rings. The lowest BCUT2D eigenvalue weighted by molar-refractivity contribution is 0.281. The Balaban J connectivity index is 2.41. The molecule has 0 atom stereocenters. The zero-order valence-corrected chi connectivity index (χ0v) is 15.2. The Morgan fingerprint density at radius 2 is 1.86 bits per heavy atom. The largest absolute Gasteiger partial charge is 0.392 e. The molecule has 2 rings (SSSR count). The highest BCUT2D eigenvalue weighted by Crippen LogP contribution is 2.29. The van der Waals surface area contributed by atoms with E-state index in [1.54, 1.807) is 18.2 Å². The number of aliphatic hydroxyl groups excluding tert-OH is 1. The number of anilines is 1. The monoisotopic (exact) mass is 453 g/mol. The maximum Gasteiger partial charge on any atom is 0.261 e. The van der Waals surface area contributed by atoms with Crippen LogP contribution in [0.3, 0.4) is 0 Å². The molecule has 0 amide bonds. The summed E-state index contributed by atoms with van der Waals surface area (Å²) in [7, 11) is -3.77. The first-order chi connectivity index (χ1) is 9.83. The molecule has 0 unspecified atom stereocenters. The Morgan fingerprint density at radius 1 is 1.14 bits per heavy atom. The van der Waals surface area contributed by atoms with Crippen molar-refractivity contribution in [3.05, 3.63) is 55.9 Å². The van der Waals surface area contributed by atoms with Gasteiger partial charge < -0.3 is 5.11 Å². The van der Waals surface area contributed by atoms with Gasteiger partial charge in [-0.25, -0.2) is 8.42 Å². The predicted molar refractivity (Wildman–Crippen MR) is 90.0 cm³/mol. The standard InChI is InChI=1S/C13H10Br2ClNO3S/c14-9-1-3-11(15)13(6-9)17-21(19,20)10-2-4-12(16)8(5-10)7-18/h1-6,17-18H,7H2. The van der Waals surface area contributed by atoms with E-state index in [0.717, 1.165) is 4.47 Å². The minimum atomic E-state index is -3.77. The van der Waals surface area contributed by atoms with Crippen molar-refractivity contribution < 1.29 is 13.5 Å². The van der Waals surface area contributed by atoms with Gasteiger partial charge in [-0.05, 0) is 57.9 Å². The van der Waals surface area contributed by atoms with Gasteiger partial charge in [-0.3, -0.25) is 4.72 Å². The van der Waals surface area contributed by atoms with Crippen LogP contribution in [0.15, 0.2) is 50.2 Å². The number of halogens is 3. The Bertz CT molecular complexity index is 781. The summed E-state index contributed by atoms with van der Waals surface area (Å²) in [5.74, 6) is 0. The maximum atomic E-state index is 12.4. The van der Waals surface area contributed by atoms with Crippen molar-refractivity contribution in [2.75, 3.05) is 4.72 Å². The van der Waals surface area contributed by atoms with E-state index in [9.17, 15) is 8.42 Å². The highest BCUT2D eigenvalue weighted by molar-refractivity contribution is 9.11. The van der Waals surface area contributed by atoms with Crippen LogP contribution in [0.4, 0.5) is 5.69 Å². The molecule has 21 heavy (non-hydrogen) atoms. The van der Waals surface area contributed by atoms with Crippen molar-refractivity contribution in [1.29, 1.82) is 0 Å². The van der Waals surface area contributed by atoms with E-state index in [2.05, 4.69) is 36.6 Å². The topological polar surface area (TPSA) is 66.4 Å². The lowest BCUT2D eigenvalue weighted by atomic mass is 10.2. The number of aliphatic hydroxyl groups is 1.